The molecule has 0 amide bonds. The lowest BCUT2D eigenvalue weighted by Gasteiger charge is -1.94. The molecule has 1 heterocycles. The van der Waals surface area contributed by atoms with Gasteiger partial charge in [0.05, 0.1) is 33.8 Å². The van der Waals surface area contributed by atoms with Gasteiger partial charge in [0.25, 0.3) is 0 Å². The van der Waals surface area contributed by atoms with Crippen LogP contribution in [0.3, 0.4) is 0 Å². The molecule has 0 N–H and O–H groups in total. The van der Waals surface area contributed by atoms with Gasteiger partial charge in [-0.05, 0) is 54.5 Å². The van der Waals surface area contributed by atoms with Crippen molar-refractivity contribution in [1.82, 2.24) is 4.98 Å². The van der Waals surface area contributed by atoms with E-state index in [1.807, 2.05) is 37.3 Å². The van der Waals surface area contributed by atoms with Crippen LogP contribution in [0.1, 0.15) is 42.6 Å². The Morgan fingerprint density at radius 1 is 0.964 bits per heavy atom. The highest BCUT2D eigenvalue weighted by atomic mass is 32.1. The molecule has 3 aromatic rings. The van der Waals surface area contributed by atoms with Crippen molar-refractivity contribution in [3.8, 4) is 12.1 Å². The van der Waals surface area contributed by atoms with E-state index in [1.165, 1.54) is 17.4 Å². The molecule has 0 saturated carbocycles. The van der Waals surface area contributed by atoms with E-state index in [0.717, 1.165) is 16.1 Å². The first-order valence-electron chi connectivity index (χ1n) is 8.47. The standard InChI is InChI=1S/C23H15N3OS/c1-16-23(21(27)10-8-17-4-2-6-19(12-17)14-24)28-22(26-16)11-9-18-5-3-7-20(13-18)15-25/h2-13H,1H3/b10-8+,11-9-. The van der Waals surface area contributed by atoms with Gasteiger partial charge in [0.15, 0.2) is 5.78 Å². The summed E-state index contributed by atoms with van der Waals surface area (Å²) in [5.74, 6) is -0.122. The summed E-state index contributed by atoms with van der Waals surface area (Å²) in [6.45, 7) is 1.81. The zero-order valence-electron chi connectivity index (χ0n) is 15.1. The fourth-order valence-corrected chi connectivity index (χ4v) is 3.45. The summed E-state index contributed by atoms with van der Waals surface area (Å²) in [5, 5.41) is 18.6. The van der Waals surface area contributed by atoms with Gasteiger partial charge >= 0.3 is 0 Å². The molecule has 28 heavy (non-hydrogen) atoms. The highest BCUT2D eigenvalue weighted by Gasteiger charge is 2.11. The van der Waals surface area contributed by atoms with Crippen LogP contribution >= 0.6 is 11.3 Å². The summed E-state index contributed by atoms with van der Waals surface area (Å²) in [7, 11) is 0. The quantitative estimate of drug-likeness (QED) is 0.446. The van der Waals surface area contributed by atoms with Crippen molar-refractivity contribution in [2.45, 2.75) is 6.92 Å². The molecular weight excluding hydrogens is 366 g/mol. The van der Waals surface area contributed by atoms with Crippen LogP contribution in [0.15, 0.2) is 54.6 Å². The number of hydrogen-bond acceptors (Lipinski definition) is 5. The van der Waals surface area contributed by atoms with E-state index >= 15 is 0 Å². The van der Waals surface area contributed by atoms with Crippen LogP contribution in [0, 0.1) is 29.6 Å². The number of nitriles is 2. The van der Waals surface area contributed by atoms with Gasteiger partial charge in [-0.15, -0.1) is 11.3 Å². The lowest BCUT2D eigenvalue weighted by molar-refractivity contribution is 0.105. The molecule has 3 rings (SSSR count). The largest absolute Gasteiger partial charge is 0.288 e. The molecule has 2 aromatic carbocycles. The monoisotopic (exact) mass is 381 g/mol. The van der Waals surface area contributed by atoms with Crippen LogP contribution in [-0.4, -0.2) is 10.8 Å². The number of carbonyl (C=O) groups is 1. The van der Waals surface area contributed by atoms with Crippen molar-refractivity contribution in [3.63, 3.8) is 0 Å². The Labute approximate surface area is 167 Å². The van der Waals surface area contributed by atoms with E-state index in [1.54, 1.807) is 36.4 Å². The molecule has 1 aromatic heterocycles. The Kier molecular flexibility index (Phi) is 5.91. The summed E-state index contributed by atoms with van der Waals surface area (Å²) < 4.78 is 0. The van der Waals surface area contributed by atoms with Crippen molar-refractivity contribution >= 4 is 35.3 Å². The molecule has 134 valence electrons. The van der Waals surface area contributed by atoms with Crippen molar-refractivity contribution in [3.05, 3.63) is 92.4 Å². The molecule has 0 bridgehead atoms. The van der Waals surface area contributed by atoms with Gasteiger partial charge in [-0.3, -0.25) is 4.79 Å². The highest BCUT2D eigenvalue weighted by molar-refractivity contribution is 7.14. The molecule has 0 aliphatic heterocycles. The summed E-state index contributed by atoms with van der Waals surface area (Å²) >= 11 is 1.32. The number of thiazole rings is 1. The van der Waals surface area contributed by atoms with Gasteiger partial charge in [0.1, 0.15) is 5.01 Å². The summed E-state index contributed by atoms with van der Waals surface area (Å²) in [4.78, 5) is 17.5. The van der Waals surface area contributed by atoms with Crippen molar-refractivity contribution < 1.29 is 4.79 Å². The van der Waals surface area contributed by atoms with Crippen molar-refractivity contribution in [1.29, 1.82) is 10.5 Å². The normalized spacial score (nSPS) is 10.8. The Morgan fingerprint density at radius 2 is 1.57 bits per heavy atom. The number of carbonyl (C=O) groups excluding carboxylic acids is 1. The van der Waals surface area contributed by atoms with Gasteiger partial charge < -0.3 is 0 Å². The molecule has 4 nitrogen and oxygen atoms in total. The van der Waals surface area contributed by atoms with Crippen molar-refractivity contribution in [2.24, 2.45) is 0 Å². The first-order chi connectivity index (χ1) is 13.6. The maximum absolute atomic E-state index is 12.5. The minimum Gasteiger partial charge on any atom is -0.288 e. The number of aromatic nitrogens is 1. The van der Waals surface area contributed by atoms with E-state index < -0.39 is 0 Å². The predicted octanol–water partition coefficient (Wildman–Crippen LogP) is 5.26. The summed E-state index contributed by atoms with van der Waals surface area (Å²) in [6, 6.07) is 18.5. The number of benzene rings is 2. The Bertz CT molecular complexity index is 1170. The SMILES string of the molecule is Cc1nc(/C=C\c2cccc(C#N)c2)sc1C(=O)/C=C/c1cccc(C#N)c1. The fourth-order valence-electron chi connectivity index (χ4n) is 2.56. The second-order valence-electron chi connectivity index (χ2n) is 5.97. The highest BCUT2D eigenvalue weighted by Crippen LogP contribution is 2.22. The Morgan fingerprint density at radius 3 is 2.18 bits per heavy atom. The maximum atomic E-state index is 12.5. The minimum atomic E-state index is -0.122. The van der Waals surface area contributed by atoms with E-state index in [4.69, 9.17) is 10.5 Å². The third-order valence-corrected chi connectivity index (χ3v) is 5.05. The number of hydrogen-bond donors (Lipinski definition) is 0. The van der Waals surface area contributed by atoms with Crippen LogP contribution in [0.25, 0.3) is 18.2 Å². The zero-order valence-corrected chi connectivity index (χ0v) is 15.9. The minimum absolute atomic E-state index is 0.122. The van der Waals surface area contributed by atoms with Crippen LogP contribution in [0.4, 0.5) is 0 Å². The van der Waals surface area contributed by atoms with Crippen molar-refractivity contribution in [2.75, 3.05) is 0 Å². The average molecular weight is 381 g/mol. The second-order valence-corrected chi connectivity index (χ2v) is 7.00. The lowest BCUT2D eigenvalue weighted by atomic mass is 10.1. The molecule has 0 saturated heterocycles. The smallest absolute Gasteiger partial charge is 0.197 e. The Hall–Kier alpha value is -3.80. The number of allylic oxidation sites excluding steroid dienone is 1. The summed E-state index contributed by atoms with van der Waals surface area (Å²) in [5.41, 5.74) is 3.52. The van der Waals surface area contributed by atoms with Gasteiger partial charge in [-0.1, -0.05) is 36.4 Å². The fraction of sp³-hybridized carbons (Fsp3) is 0.0435. The number of aryl methyl sites for hydroxylation is 1. The van der Waals surface area contributed by atoms with Gasteiger partial charge in [-0.2, -0.15) is 10.5 Å². The number of ketones is 1. The first kappa shape index (κ1) is 19.0. The van der Waals surface area contributed by atoms with E-state index in [2.05, 4.69) is 17.1 Å². The summed E-state index contributed by atoms with van der Waals surface area (Å²) in [6.07, 6.45) is 6.91. The Balaban J connectivity index is 1.76. The topological polar surface area (TPSA) is 77.5 Å². The molecular formula is C23H15N3OS. The van der Waals surface area contributed by atoms with E-state index in [-0.39, 0.29) is 5.78 Å². The maximum Gasteiger partial charge on any atom is 0.197 e. The lowest BCUT2D eigenvalue weighted by Crippen LogP contribution is -1.93. The van der Waals surface area contributed by atoms with Crippen LogP contribution < -0.4 is 0 Å². The molecule has 0 radical (unpaired) electrons. The van der Waals surface area contributed by atoms with Crippen LogP contribution in [0.5, 0.6) is 0 Å². The van der Waals surface area contributed by atoms with E-state index in [0.29, 0.717) is 21.7 Å². The zero-order chi connectivity index (χ0) is 19.9. The molecule has 0 unspecified atom stereocenters. The molecule has 0 fully saturated rings. The van der Waals surface area contributed by atoms with Crippen LogP contribution in [-0.2, 0) is 0 Å². The molecule has 0 aliphatic rings. The molecule has 5 heteroatoms. The third-order valence-electron chi connectivity index (χ3n) is 3.91. The van der Waals surface area contributed by atoms with Gasteiger partial charge in [0.2, 0.25) is 0 Å². The average Bonchev–Trinajstić information content (AvgIpc) is 3.11. The molecule has 0 atom stereocenters. The second kappa shape index (κ2) is 8.73. The van der Waals surface area contributed by atoms with Gasteiger partial charge in [0, 0.05) is 0 Å². The van der Waals surface area contributed by atoms with Gasteiger partial charge in [-0.25, -0.2) is 4.98 Å². The van der Waals surface area contributed by atoms with Crippen LogP contribution in [0.2, 0.25) is 0 Å². The van der Waals surface area contributed by atoms with E-state index in [9.17, 15) is 4.79 Å². The predicted molar refractivity (Wildman–Crippen MR) is 111 cm³/mol. The molecule has 0 spiro atoms. The third kappa shape index (κ3) is 4.67. The molecule has 0 aliphatic carbocycles. The number of rotatable bonds is 5. The first-order valence-corrected chi connectivity index (χ1v) is 9.29. The number of nitrogens with zero attached hydrogens (tertiary/aromatic N) is 3.